The normalized spacial score (nSPS) is 11.9. The number of hydrogen-bond donors (Lipinski definition) is 0. The molecule has 0 atom stereocenters. The van der Waals surface area contributed by atoms with Gasteiger partial charge in [-0.2, -0.15) is 8.42 Å². The first-order chi connectivity index (χ1) is 12.7. The minimum absolute atomic E-state index is 0.0592. The minimum atomic E-state index is -3.96. The van der Waals surface area contributed by atoms with E-state index in [4.69, 9.17) is 4.18 Å². The van der Waals surface area contributed by atoms with Gasteiger partial charge in [-0.05, 0) is 60.3 Å². The highest BCUT2D eigenvalue weighted by atomic mass is 32.2. The van der Waals surface area contributed by atoms with Gasteiger partial charge in [0, 0.05) is 7.05 Å². The summed E-state index contributed by atoms with van der Waals surface area (Å²) in [6.45, 7) is 1.79. The van der Waals surface area contributed by atoms with Crippen molar-refractivity contribution in [2.24, 2.45) is 0 Å². The standard InChI is InChI=1S/C18H17NO5S3/c1-14-5-3-6-17(13-14)27(22,23)24-16-10-8-15(9-11-16)19(2)26(20,21)18-7-4-12-25-18/h3-13H,1-2H3. The smallest absolute Gasteiger partial charge is 0.339 e. The Bertz CT molecular complexity index is 1140. The fourth-order valence-corrected chi connectivity index (χ4v) is 5.73. The minimum Gasteiger partial charge on any atom is -0.379 e. The van der Waals surface area contributed by atoms with E-state index in [2.05, 4.69) is 0 Å². The molecule has 27 heavy (non-hydrogen) atoms. The van der Waals surface area contributed by atoms with E-state index in [-0.39, 0.29) is 14.9 Å². The van der Waals surface area contributed by atoms with Crippen LogP contribution in [-0.4, -0.2) is 23.9 Å². The van der Waals surface area contributed by atoms with Gasteiger partial charge in [-0.3, -0.25) is 4.31 Å². The molecule has 0 saturated carbocycles. The van der Waals surface area contributed by atoms with Gasteiger partial charge in [-0.1, -0.05) is 18.2 Å². The van der Waals surface area contributed by atoms with Crippen molar-refractivity contribution in [3.8, 4) is 5.75 Å². The van der Waals surface area contributed by atoms with Gasteiger partial charge in [-0.15, -0.1) is 11.3 Å². The van der Waals surface area contributed by atoms with Crippen LogP contribution in [0.1, 0.15) is 5.56 Å². The zero-order valence-corrected chi connectivity index (χ0v) is 17.0. The maximum Gasteiger partial charge on any atom is 0.339 e. The molecule has 6 nitrogen and oxygen atoms in total. The van der Waals surface area contributed by atoms with Crippen molar-refractivity contribution in [3.05, 3.63) is 71.6 Å². The molecule has 3 rings (SSSR count). The molecule has 0 saturated heterocycles. The second-order valence-corrected chi connectivity index (χ2v) is 10.4. The van der Waals surface area contributed by atoms with Crippen molar-refractivity contribution < 1.29 is 21.0 Å². The molecule has 3 aromatic rings. The highest BCUT2D eigenvalue weighted by Gasteiger charge is 2.22. The molecule has 0 bridgehead atoms. The van der Waals surface area contributed by atoms with E-state index in [1.165, 1.54) is 49.5 Å². The van der Waals surface area contributed by atoms with Crippen molar-refractivity contribution in [1.82, 2.24) is 0 Å². The summed E-state index contributed by atoms with van der Waals surface area (Å²) in [5.74, 6) is 0.0992. The van der Waals surface area contributed by atoms with Crippen LogP contribution < -0.4 is 8.49 Å². The van der Waals surface area contributed by atoms with Crippen LogP contribution in [0.4, 0.5) is 5.69 Å². The Morgan fingerprint density at radius 1 is 0.926 bits per heavy atom. The van der Waals surface area contributed by atoms with Crippen LogP contribution in [0.3, 0.4) is 0 Å². The fraction of sp³-hybridized carbons (Fsp3) is 0.111. The summed E-state index contributed by atoms with van der Waals surface area (Å²) in [5.41, 5.74) is 1.19. The number of anilines is 1. The van der Waals surface area contributed by atoms with Gasteiger partial charge in [0.1, 0.15) is 14.9 Å². The Kier molecular flexibility index (Phi) is 5.27. The number of thiophene rings is 1. The van der Waals surface area contributed by atoms with Crippen LogP contribution in [0.15, 0.2) is 75.1 Å². The second-order valence-electron chi connectivity index (χ2n) is 5.75. The molecular weight excluding hydrogens is 406 g/mol. The molecule has 0 aliphatic carbocycles. The number of rotatable bonds is 6. The maximum atomic E-state index is 12.5. The van der Waals surface area contributed by atoms with Gasteiger partial charge < -0.3 is 4.18 Å². The Labute approximate surface area is 162 Å². The molecule has 0 aliphatic rings. The topological polar surface area (TPSA) is 80.8 Å². The monoisotopic (exact) mass is 423 g/mol. The van der Waals surface area contributed by atoms with Crippen molar-refractivity contribution in [2.75, 3.05) is 11.4 Å². The SMILES string of the molecule is Cc1cccc(S(=O)(=O)Oc2ccc(N(C)S(=O)(=O)c3cccs3)cc2)c1. The van der Waals surface area contributed by atoms with Gasteiger partial charge in [0.2, 0.25) is 0 Å². The molecule has 0 spiro atoms. The Hall–Kier alpha value is -2.36. The van der Waals surface area contributed by atoms with Crippen LogP contribution in [0.5, 0.6) is 5.75 Å². The lowest BCUT2D eigenvalue weighted by atomic mass is 10.2. The molecule has 9 heteroatoms. The van der Waals surface area contributed by atoms with E-state index in [0.717, 1.165) is 21.2 Å². The lowest BCUT2D eigenvalue weighted by Crippen LogP contribution is -2.25. The number of sulfonamides is 1. The first-order valence-electron chi connectivity index (χ1n) is 7.84. The molecule has 0 amide bonds. The molecular formula is C18H17NO5S3. The number of aryl methyl sites for hydroxylation is 1. The van der Waals surface area contributed by atoms with E-state index in [0.29, 0.717) is 5.69 Å². The van der Waals surface area contributed by atoms with Crippen LogP contribution in [0, 0.1) is 6.92 Å². The summed E-state index contributed by atoms with van der Waals surface area (Å²) < 4.78 is 56.3. The largest absolute Gasteiger partial charge is 0.379 e. The molecule has 0 fully saturated rings. The van der Waals surface area contributed by atoms with Crippen LogP contribution in [0.25, 0.3) is 0 Å². The lowest BCUT2D eigenvalue weighted by Gasteiger charge is -2.18. The van der Waals surface area contributed by atoms with E-state index in [9.17, 15) is 16.8 Å². The third-order valence-corrected chi connectivity index (χ3v) is 8.20. The average molecular weight is 424 g/mol. The quantitative estimate of drug-likeness (QED) is 0.566. The zero-order valence-electron chi connectivity index (χ0n) is 14.6. The van der Waals surface area contributed by atoms with E-state index >= 15 is 0 Å². The summed E-state index contributed by atoms with van der Waals surface area (Å²) in [5, 5.41) is 1.69. The Morgan fingerprint density at radius 3 is 2.22 bits per heavy atom. The summed E-state index contributed by atoms with van der Waals surface area (Å²) in [6, 6.07) is 15.4. The van der Waals surface area contributed by atoms with E-state index in [1.807, 2.05) is 0 Å². The molecule has 0 radical (unpaired) electrons. The predicted octanol–water partition coefficient (Wildman–Crippen LogP) is 3.65. The van der Waals surface area contributed by atoms with Gasteiger partial charge in [-0.25, -0.2) is 8.42 Å². The third kappa shape index (κ3) is 4.15. The van der Waals surface area contributed by atoms with Crippen molar-refractivity contribution in [1.29, 1.82) is 0 Å². The highest BCUT2D eigenvalue weighted by Crippen LogP contribution is 2.27. The van der Waals surface area contributed by atoms with Crippen molar-refractivity contribution in [3.63, 3.8) is 0 Å². The molecule has 0 aliphatic heterocycles. The van der Waals surface area contributed by atoms with Gasteiger partial charge >= 0.3 is 10.1 Å². The first kappa shape index (κ1) is 19.4. The predicted molar refractivity (Wildman–Crippen MR) is 105 cm³/mol. The summed E-state index contributed by atoms with van der Waals surface area (Å²) in [6.07, 6.45) is 0. The van der Waals surface area contributed by atoms with Crippen molar-refractivity contribution >= 4 is 37.2 Å². The maximum absolute atomic E-state index is 12.5. The first-order valence-corrected chi connectivity index (χ1v) is 11.6. The lowest BCUT2D eigenvalue weighted by molar-refractivity contribution is 0.486. The summed E-state index contributed by atoms with van der Waals surface area (Å²) in [7, 11) is -6.18. The number of benzene rings is 2. The van der Waals surface area contributed by atoms with Gasteiger partial charge in [0.25, 0.3) is 10.0 Å². The van der Waals surface area contributed by atoms with Crippen LogP contribution in [0.2, 0.25) is 0 Å². The number of hydrogen-bond acceptors (Lipinski definition) is 6. The van der Waals surface area contributed by atoms with Crippen LogP contribution in [-0.2, 0) is 20.1 Å². The average Bonchev–Trinajstić information content (AvgIpc) is 3.17. The van der Waals surface area contributed by atoms with E-state index in [1.54, 1.807) is 30.5 Å². The summed E-state index contributed by atoms with van der Waals surface area (Å²) in [4.78, 5) is 0.0592. The number of nitrogens with zero attached hydrogens (tertiary/aromatic N) is 1. The molecule has 2 aromatic carbocycles. The van der Waals surface area contributed by atoms with Crippen molar-refractivity contribution in [2.45, 2.75) is 16.0 Å². The fourth-order valence-electron chi connectivity index (χ4n) is 2.34. The summed E-state index contributed by atoms with van der Waals surface area (Å²) >= 11 is 1.13. The zero-order chi connectivity index (χ0) is 19.7. The third-order valence-electron chi connectivity index (χ3n) is 3.79. The van der Waals surface area contributed by atoms with E-state index < -0.39 is 20.1 Å². The Balaban J connectivity index is 1.81. The molecule has 0 N–H and O–H groups in total. The molecule has 0 unspecified atom stereocenters. The molecule has 1 heterocycles. The highest BCUT2D eigenvalue weighted by molar-refractivity contribution is 7.94. The molecule has 142 valence electrons. The van der Waals surface area contributed by atoms with Gasteiger partial charge in [0.05, 0.1) is 5.69 Å². The van der Waals surface area contributed by atoms with Crippen LogP contribution >= 0.6 is 11.3 Å². The Morgan fingerprint density at radius 2 is 1.63 bits per heavy atom. The second kappa shape index (κ2) is 7.34. The molecule has 1 aromatic heterocycles. The van der Waals surface area contributed by atoms with Gasteiger partial charge in [0.15, 0.2) is 0 Å².